The molecule has 0 radical (unpaired) electrons. The van der Waals surface area contributed by atoms with Gasteiger partial charge in [-0.3, -0.25) is 0 Å². The molecule has 1 aromatic heterocycles. The van der Waals surface area contributed by atoms with Crippen molar-refractivity contribution in [1.82, 2.24) is 4.90 Å². The molecule has 0 aliphatic carbocycles. The second-order valence-corrected chi connectivity index (χ2v) is 3.61. The summed E-state index contributed by atoms with van der Waals surface area (Å²) in [5.41, 5.74) is 0.667. The summed E-state index contributed by atoms with van der Waals surface area (Å²) < 4.78 is 0. The van der Waals surface area contributed by atoms with Crippen molar-refractivity contribution >= 4 is 34.7 Å². The van der Waals surface area contributed by atoms with Gasteiger partial charge in [-0.15, -0.1) is 11.3 Å². The summed E-state index contributed by atoms with van der Waals surface area (Å²) in [7, 11) is 3.35. The SMILES string of the molecule is CN(C)C(=O)Nc1cscc1Cl. The molecule has 1 heterocycles. The lowest BCUT2D eigenvalue weighted by Crippen LogP contribution is -2.27. The van der Waals surface area contributed by atoms with Gasteiger partial charge < -0.3 is 10.2 Å². The average molecular weight is 205 g/mol. The van der Waals surface area contributed by atoms with Crippen LogP contribution in [0, 0.1) is 0 Å². The number of anilines is 1. The van der Waals surface area contributed by atoms with Crippen LogP contribution in [0.4, 0.5) is 10.5 Å². The van der Waals surface area contributed by atoms with Crippen LogP contribution in [-0.4, -0.2) is 25.0 Å². The van der Waals surface area contributed by atoms with Crippen molar-refractivity contribution in [2.45, 2.75) is 0 Å². The number of hydrogen-bond donors (Lipinski definition) is 1. The fourth-order valence-electron chi connectivity index (χ4n) is 0.598. The Hall–Kier alpha value is -0.740. The molecule has 0 aromatic carbocycles. The fourth-order valence-corrected chi connectivity index (χ4v) is 1.56. The van der Waals surface area contributed by atoms with Crippen LogP contribution in [0.15, 0.2) is 10.8 Å². The Kier molecular flexibility index (Phi) is 2.94. The number of amides is 2. The van der Waals surface area contributed by atoms with Crippen molar-refractivity contribution in [1.29, 1.82) is 0 Å². The topological polar surface area (TPSA) is 32.3 Å². The summed E-state index contributed by atoms with van der Waals surface area (Å²) in [4.78, 5) is 12.6. The third-order valence-corrected chi connectivity index (χ3v) is 2.45. The lowest BCUT2D eigenvalue weighted by molar-refractivity contribution is 0.230. The molecule has 0 unspecified atom stereocenters. The number of halogens is 1. The van der Waals surface area contributed by atoms with Gasteiger partial charge in [0.2, 0.25) is 0 Å². The van der Waals surface area contributed by atoms with E-state index < -0.39 is 0 Å². The molecule has 1 N–H and O–H groups in total. The van der Waals surface area contributed by atoms with Gasteiger partial charge in [0.25, 0.3) is 0 Å². The fraction of sp³-hybridized carbons (Fsp3) is 0.286. The summed E-state index contributed by atoms with van der Waals surface area (Å²) in [6.45, 7) is 0. The molecule has 12 heavy (non-hydrogen) atoms. The van der Waals surface area contributed by atoms with Crippen molar-refractivity contribution in [3.63, 3.8) is 0 Å². The lowest BCUT2D eigenvalue weighted by atomic mass is 10.5. The summed E-state index contributed by atoms with van der Waals surface area (Å²) in [5, 5.41) is 6.80. The summed E-state index contributed by atoms with van der Waals surface area (Å²) in [6, 6.07) is -0.171. The molecule has 2 amide bonds. The second-order valence-electron chi connectivity index (χ2n) is 2.46. The maximum absolute atomic E-state index is 11.1. The first-order valence-corrected chi connectivity index (χ1v) is 4.63. The molecule has 5 heteroatoms. The van der Waals surface area contributed by atoms with E-state index in [-0.39, 0.29) is 6.03 Å². The third kappa shape index (κ3) is 2.12. The molecule has 0 aliphatic heterocycles. The Labute approximate surface area is 79.9 Å². The van der Waals surface area contributed by atoms with Gasteiger partial charge in [-0.1, -0.05) is 11.6 Å². The van der Waals surface area contributed by atoms with Gasteiger partial charge >= 0.3 is 6.03 Å². The van der Waals surface area contributed by atoms with Crippen LogP contribution in [0.2, 0.25) is 5.02 Å². The van der Waals surface area contributed by atoms with Crippen LogP contribution in [0.25, 0.3) is 0 Å². The minimum Gasteiger partial charge on any atom is -0.331 e. The van der Waals surface area contributed by atoms with Crippen LogP contribution in [0.3, 0.4) is 0 Å². The van der Waals surface area contributed by atoms with Gasteiger partial charge in [0, 0.05) is 24.9 Å². The van der Waals surface area contributed by atoms with Crippen LogP contribution >= 0.6 is 22.9 Å². The predicted molar refractivity (Wildman–Crippen MR) is 52.0 cm³/mol. The van der Waals surface area contributed by atoms with E-state index in [2.05, 4.69) is 5.32 Å². The molecule has 0 bridgehead atoms. The number of carbonyl (C=O) groups excluding carboxylic acids is 1. The van der Waals surface area contributed by atoms with Crippen molar-refractivity contribution in [3.8, 4) is 0 Å². The highest BCUT2D eigenvalue weighted by molar-refractivity contribution is 7.09. The van der Waals surface area contributed by atoms with Crippen molar-refractivity contribution in [2.75, 3.05) is 19.4 Å². The number of carbonyl (C=O) groups is 1. The summed E-state index contributed by atoms with van der Waals surface area (Å²) in [5.74, 6) is 0. The molecule has 0 saturated carbocycles. The zero-order chi connectivity index (χ0) is 9.14. The van der Waals surface area contributed by atoms with Crippen molar-refractivity contribution < 1.29 is 4.79 Å². The number of rotatable bonds is 1. The maximum atomic E-state index is 11.1. The molecule has 0 fully saturated rings. The van der Waals surface area contributed by atoms with Crippen LogP contribution in [0.5, 0.6) is 0 Å². The highest BCUT2D eigenvalue weighted by atomic mass is 35.5. The van der Waals surface area contributed by atoms with E-state index >= 15 is 0 Å². The summed E-state index contributed by atoms with van der Waals surface area (Å²) in [6.07, 6.45) is 0. The minimum absolute atomic E-state index is 0.171. The van der Waals surface area contributed by atoms with E-state index in [1.807, 2.05) is 0 Å². The number of urea groups is 1. The first-order chi connectivity index (χ1) is 5.61. The molecular formula is C7H9ClN2OS. The number of nitrogens with zero attached hydrogens (tertiary/aromatic N) is 1. The molecule has 0 saturated heterocycles. The molecule has 1 aromatic rings. The number of hydrogen-bond acceptors (Lipinski definition) is 2. The standard InChI is InChI=1S/C7H9ClN2OS/c1-10(2)7(11)9-6-4-12-3-5(6)8/h3-4H,1-2H3,(H,9,11). The lowest BCUT2D eigenvalue weighted by Gasteiger charge is -2.10. The molecule has 0 aliphatic rings. The van der Waals surface area contributed by atoms with E-state index in [9.17, 15) is 4.79 Å². The van der Waals surface area contributed by atoms with E-state index in [1.54, 1.807) is 24.9 Å². The molecule has 0 atom stereocenters. The largest absolute Gasteiger partial charge is 0.331 e. The second kappa shape index (κ2) is 3.78. The highest BCUT2D eigenvalue weighted by Gasteiger charge is 2.06. The van der Waals surface area contributed by atoms with Crippen molar-refractivity contribution in [2.24, 2.45) is 0 Å². The zero-order valence-electron chi connectivity index (χ0n) is 6.80. The van der Waals surface area contributed by atoms with Gasteiger partial charge in [0.1, 0.15) is 0 Å². The zero-order valence-corrected chi connectivity index (χ0v) is 8.37. The van der Waals surface area contributed by atoms with Crippen LogP contribution < -0.4 is 5.32 Å². The predicted octanol–water partition coefficient (Wildman–Crippen LogP) is 2.50. The van der Waals surface area contributed by atoms with E-state index in [4.69, 9.17) is 11.6 Å². The third-order valence-electron chi connectivity index (χ3n) is 1.26. The van der Waals surface area contributed by atoms with Gasteiger partial charge in [0.15, 0.2) is 0 Å². The molecule has 0 spiro atoms. The average Bonchev–Trinajstić information content (AvgIpc) is 2.36. The Bertz CT molecular complexity index is 285. The molecule has 3 nitrogen and oxygen atoms in total. The Balaban J connectivity index is 2.64. The highest BCUT2D eigenvalue weighted by Crippen LogP contribution is 2.25. The first kappa shape index (κ1) is 9.35. The molecule has 66 valence electrons. The van der Waals surface area contributed by atoms with E-state index in [0.29, 0.717) is 10.7 Å². The Morgan fingerprint density at radius 1 is 1.58 bits per heavy atom. The smallest absolute Gasteiger partial charge is 0.321 e. The quantitative estimate of drug-likeness (QED) is 0.749. The van der Waals surface area contributed by atoms with Gasteiger partial charge in [-0.25, -0.2) is 4.79 Å². The summed E-state index contributed by atoms with van der Waals surface area (Å²) >= 11 is 7.22. The van der Waals surface area contributed by atoms with E-state index in [0.717, 1.165) is 0 Å². The molecule has 1 rings (SSSR count). The number of thiophene rings is 1. The Morgan fingerprint density at radius 2 is 2.25 bits per heavy atom. The normalized spacial score (nSPS) is 9.58. The molecular weight excluding hydrogens is 196 g/mol. The Morgan fingerprint density at radius 3 is 2.67 bits per heavy atom. The first-order valence-electron chi connectivity index (χ1n) is 3.31. The monoisotopic (exact) mass is 204 g/mol. The minimum atomic E-state index is -0.171. The van der Waals surface area contributed by atoms with Gasteiger partial charge in [-0.05, 0) is 0 Å². The number of nitrogens with one attached hydrogen (secondary N) is 1. The van der Waals surface area contributed by atoms with Crippen LogP contribution in [-0.2, 0) is 0 Å². The van der Waals surface area contributed by atoms with Gasteiger partial charge in [0.05, 0.1) is 10.7 Å². The van der Waals surface area contributed by atoms with Gasteiger partial charge in [-0.2, -0.15) is 0 Å². The maximum Gasteiger partial charge on any atom is 0.321 e. The van der Waals surface area contributed by atoms with Crippen molar-refractivity contribution in [3.05, 3.63) is 15.8 Å². The van der Waals surface area contributed by atoms with Crippen LogP contribution in [0.1, 0.15) is 0 Å². The van der Waals surface area contributed by atoms with E-state index in [1.165, 1.54) is 16.2 Å².